The summed E-state index contributed by atoms with van der Waals surface area (Å²) >= 11 is 0. The third-order valence-electron chi connectivity index (χ3n) is 8.77. The smallest absolute Gasteiger partial charge is 0.200 e. The fraction of sp³-hybridized carbons (Fsp3) is 0.917. The lowest BCUT2D eigenvalue weighted by Crippen LogP contribution is -2.53. The van der Waals surface area contributed by atoms with Crippen molar-refractivity contribution in [3.63, 3.8) is 0 Å². The monoisotopic (exact) mass is 400 g/mol. The lowest BCUT2D eigenvalue weighted by atomic mass is 9.63. The maximum Gasteiger partial charge on any atom is 0.313 e. The summed E-state index contributed by atoms with van der Waals surface area (Å²) in [6, 6.07) is 0. The SMILES string of the molecule is CCC1CCC(C(F)(F)C(F)(F)C2CCC3CC(=C4CC4C)CCC3C2)CC1. The van der Waals surface area contributed by atoms with Crippen molar-refractivity contribution < 1.29 is 17.6 Å². The van der Waals surface area contributed by atoms with Gasteiger partial charge >= 0.3 is 11.8 Å². The zero-order valence-corrected chi connectivity index (χ0v) is 17.5. The first-order valence-corrected chi connectivity index (χ1v) is 11.7. The lowest BCUT2D eigenvalue weighted by molar-refractivity contribution is -0.272. The summed E-state index contributed by atoms with van der Waals surface area (Å²) in [5.74, 6) is -8.16. The van der Waals surface area contributed by atoms with Gasteiger partial charge in [-0.25, -0.2) is 0 Å². The first-order chi connectivity index (χ1) is 13.2. The van der Waals surface area contributed by atoms with Crippen molar-refractivity contribution in [1.29, 1.82) is 0 Å². The van der Waals surface area contributed by atoms with Gasteiger partial charge in [-0.05, 0) is 94.3 Å². The number of halogens is 4. The number of rotatable bonds is 4. The summed E-state index contributed by atoms with van der Waals surface area (Å²) in [6.45, 7) is 4.31. The molecular formula is C24H36F4. The molecule has 4 aliphatic rings. The molecule has 4 rings (SSSR count). The van der Waals surface area contributed by atoms with Gasteiger partial charge in [-0.3, -0.25) is 0 Å². The average molecular weight is 401 g/mol. The van der Waals surface area contributed by atoms with Gasteiger partial charge < -0.3 is 0 Å². The van der Waals surface area contributed by atoms with Crippen LogP contribution in [0.25, 0.3) is 0 Å². The van der Waals surface area contributed by atoms with Crippen LogP contribution in [-0.2, 0) is 0 Å². The third kappa shape index (κ3) is 3.67. The van der Waals surface area contributed by atoms with Gasteiger partial charge in [0.2, 0.25) is 0 Å². The molecule has 4 aliphatic carbocycles. The molecule has 0 aromatic heterocycles. The second-order valence-corrected chi connectivity index (χ2v) is 10.4. The van der Waals surface area contributed by atoms with Crippen molar-refractivity contribution in [2.75, 3.05) is 0 Å². The predicted molar refractivity (Wildman–Crippen MR) is 105 cm³/mol. The Morgan fingerprint density at radius 3 is 2.00 bits per heavy atom. The van der Waals surface area contributed by atoms with Crippen LogP contribution in [0.4, 0.5) is 17.6 Å². The van der Waals surface area contributed by atoms with Gasteiger partial charge in [0, 0.05) is 11.8 Å². The lowest BCUT2D eigenvalue weighted by Gasteiger charge is -2.46. The van der Waals surface area contributed by atoms with Crippen LogP contribution < -0.4 is 0 Å². The van der Waals surface area contributed by atoms with Crippen LogP contribution in [0, 0.1) is 35.5 Å². The topological polar surface area (TPSA) is 0 Å². The third-order valence-corrected chi connectivity index (χ3v) is 8.77. The maximum absolute atomic E-state index is 15.1. The largest absolute Gasteiger partial charge is 0.313 e. The maximum atomic E-state index is 15.1. The second kappa shape index (κ2) is 7.61. The van der Waals surface area contributed by atoms with E-state index >= 15 is 8.78 Å². The highest BCUT2D eigenvalue weighted by atomic mass is 19.3. The van der Waals surface area contributed by atoms with Gasteiger partial charge in [-0.15, -0.1) is 0 Å². The van der Waals surface area contributed by atoms with Crippen molar-refractivity contribution in [3.8, 4) is 0 Å². The fourth-order valence-corrected chi connectivity index (χ4v) is 6.59. The van der Waals surface area contributed by atoms with Gasteiger partial charge in [-0.2, -0.15) is 17.6 Å². The number of alkyl halides is 4. The van der Waals surface area contributed by atoms with Crippen LogP contribution in [0.15, 0.2) is 11.1 Å². The zero-order valence-electron chi connectivity index (χ0n) is 17.5. The van der Waals surface area contributed by atoms with Crippen LogP contribution >= 0.6 is 0 Å². The summed E-state index contributed by atoms with van der Waals surface area (Å²) in [4.78, 5) is 0. The predicted octanol–water partition coefficient (Wildman–Crippen LogP) is 8.03. The first kappa shape index (κ1) is 20.7. The Hall–Kier alpha value is -0.540. The Balaban J connectivity index is 1.40. The molecule has 0 bridgehead atoms. The molecule has 0 saturated heterocycles. The van der Waals surface area contributed by atoms with E-state index in [9.17, 15) is 8.78 Å². The van der Waals surface area contributed by atoms with Crippen LogP contribution in [0.5, 0.6) is 0 Å². The highest BCUT2D eigenvalue weighted by molar-refractivity contribution is 5.30. The molecule has 0 radical (unpaired) electrons. The highest BCUT2D eigenvalue weighted by Crippen LogP contribution is 2.57. The molecular weight excluding hydrogens is 364 g/mol. The van der Waals surface area contributed by atoms with Crippen molar-refractivity contribution in [2.45, 2.75) is 103 Å². The normalized spacial score (nSPS) is 42.2. The summed E-state index contributed by atoms with van der Waals surface area (Å²) < 4.78 is 60.2. The Kier molecular flexibility index (Phi) is 5.64. The van der Waals surface area contributed by atoms with Crippen molar-refractivity contribution >= 4 is 0 Å². The summed E-state index contributed by atoms with van der Waals surface area (Å²) in [5, 5.41) is 0. The number of hydrogen-bond acceptors (Lipinski definition) is 0. The molecule has 4 fully saturated rings. The van der Waals surface area contributed by atoms with Gasteiger partial charge in [0.05, 0.1) is 0 Å². The Labute approximate surface area is 167 Å². The van der Waals surface area contributed by atoms with Crippen molar-refractivity contribution in [1.82, 2.24) is 0 Å². The standard InChI is InChI=1S/C24H36F4/c1-3-16-4-9-20(10-5-16)23(25,26)24(27,28)21-11-8-17-13-19(22-12-15(22)2)7-6-18(17)14-21/h15-18,20-21H,3-14H2,1-2H3. The summed E-state index contributed by atoms with van der Waals surface area (Å²) in [5.41, 5.74) is 3.16. The Morgan fingerprint density at radius 2 is 1.39 bits per heavy atom. The van der Waals surface area contributed by atoms with Crippen LogP contribution in [0.1, 0.15) is 90.9 Å². The van der Waals surface area contributed by atoms with E-state index < -0.39 is 23.7 Å². The van der Waals surface area contributed by atoms with Gasteiger partial charge in [0.25, 0.3) is 0 Å². The van der Waals surface area contributed by atoms with E-state index in [0.29, 0.717) is 43.4 Å². The van der Waals surface area contributed by atoms with E-state index in [-0.39, 0.29) is 25.2 Å². The molecule has 0 N–H and O–H groups in total. The molecule has 4 unspecified atom stereocenters. The van der Waals surface area contributed by atoms with E-state index in [1.807, 2.05) is 0 Å². The van der Waals surface area contributed by atoms with Crippen molar-refractivity contribution in [3.05, 3.63) is 11.1 Å². The molecule has 0 amide bonds. The van der Waals surface area contributed by atoms with Gasteiger partial charge in [-0.1, -0.05) is 31.4 Å². The van der Waals surface area contributed by atoms with E-state index in [0.717, 1.165) is 25.7 Å². The number of hydrogen-bond donors (Lipinski definition) is 0. The molecule has 0 nitrogen and oxygen atoms in total. The number of fused-ring (bicyclic) bond motifs is 1. The molecule has 4 heteroatoms. The summed E-state index contributed by atoms with van der Waals surface area (Å²) in [7, 11) is 0. The molecule has 160 valence electrons. The minimum absolute atomic E-state index is 0.217. The fourth-order valence-electron chi connectivity index (χ4n) is 6.59. The zero-order chi connectivity index (χ0) is 20.1. The average Bonchev–Trinajstić information content (AvgIpc) is 3.43. The molecule has 0 aromatic rings. The molecule has 28 heavy (non-hydrogen) atoms. The summed E-state index contributed by atoms with van der Waals surface area (Å²) in [6.07, 6.45) is 8.31. The quantitative estimate of drug-likeness (QED) is 0.331. The molecule has 0 heterocycles. The van der Waals surface area contributed by atoms with E-state index in [2.05, 4.69) is 13.8 Å². The Morgan fingerprint density at radius 1 is 0.786 bits per heavy atom. The second-order valence-electron chi connectivity index (χ2n) is 10.4. The molecule has 0 spiro atoms. The first-order valence-electron chi connectivity index (χ1n) is 11.7. The van der Waals surface area contributed by atoms with Crippen LogP contribution in [-0.4, -0.2) is 11.8 Å². The minimum atomic E-state index is -3.86. The molecule has 4 atom stereocenters. The number of allylic oxidation sites excluding steroid dienone is 2. The highest BCUT2D eigenvalue weighted by Gasteiger charge is 2.64. The minimum Gasteiger partial charge on any atom is -0.200 e. The molecule has 4 saturated carbocycles. The Bertz CT molecular complexity index is 600. The molecule has 0 aliphatic heterocycles. The van der Waals surface area contributed by atoms with E-state index in [1.165, 1.54) is 6.42 Å². The van der Waals surface area contributed by atoms with Gasteiger partial charge in [0.1, 0.15) is 0 Å². The van der Waals surface area contributed by atoms with Gasteiger partial charge in [0.15, 0.2) is 0 Å². The molecule has 0 aromatic carbocycles. The van der Waals surface area contributed by atoms with E-state index in [1.54, 1.807) is 11.1 Å². The van der Waals surface area contributed by atoms with E-state index in [4.69, 9.17) is 0 Å². The van der Waals surface area contributed by atoms with Crippen LogP contribution in [0.2, 0.25) is 0 Å². The van der Waals surface area contributed by atoms with Crippen molar-refractivity contribution in [2.24, 2.45) is 35.5 Å². The van der Waals surface area contributed by atoms with Crippen LogP contribution in [0.3, 0.4) is 0 Å².